The summed E-state index contributed by atoms with van der Waals surface area (Å²) in [5.41, 5.74) is -0.346. The van der Waals surface area contributed by atoms with Crippen LogP contribution in [0.3, 0.4) is 0 Å². The molecule has 0 heterocycles. The van der Waals surface area contributed by atoms with E-state index in [0.29, 0.717) is 23.5 Å². The van der Waals surface area contributed by atoms with Gasteiger partial charge in [0.25, 0.3) is 0 Å². The Kier molecular flexibility index (Phi) is 15.3. The summed E-state index contributed by atoms with van der Waals surface area (Å²) in [6, 6.07) is 3.45. The third-order valence-corrected chi connectivity index (χ3v) is 6.93. The Hall–Kier alpha value is -3.28. The van der Waals surface area contributed by atoms with Crippen molar-refractivity contribution in [1.82, 2.24) is 16.0 Å². The second kappa shape index (κ2) is 17.5. The van der Waals surface area contributed by atoms with Crippen molar-refractivity contribution in [2.45, 2.75) is 84.0 Å². The van der Waals surface area contributed by atoms with E-state index in [1.807, 2.05) is 13.2 Å². The number of Topliss-reactive ketones (excluding diaryl/α,β-unsaturated/α-hetero) is 1. The van der Waals surface area contributed by atoms with Crippen molar-refractivity contribution >= 4 is 41.4 Å². The molecule has 0 aliphatic heterocycles. The fraction of sp³-hybridized carbons (Fsp3) is 0.621. The minimum Gasteiger partial charge on any atom is -0.497 e. The molecule has 3 amide bonds. The Morgan fingerprint density at radius 1 is 0.902 bits per heavy atom. The molecule has 230 valence electrons. The molecule has 0 saturated heterocycles. The van der Waals surface area contributed by atoms with Crippen LogP contribution >= 0.6 is 11.8 Å². The Labute approximate surface area is 247 Å². The molecule has 1 aromatic carbocycles. The minimum atomic E-state index is -1.17. The number of carbonyl (C=O) groups is 5. The van der Waals surface area contributed by atoms with Gasteiger partial charge in [-0.3, -0.25) is 14.4 Å². The Balaban J connectivity index is 3.19. The summed E-state index contributed by atoms with van der Waals surface area (Å²) < 4.78 is 15.3. The highest BCUT2D eigenvalue weighted by Crippen LogP contribution is 2.16. The first kappa shape index (κ1) is 35.7. The predicted molar refractivity (Wildman–Crippen MR) is 158 cm³/mol. The van der Waals surface area contributed by atoms with Gasteiger partial charge in [-0.1, -0.05) is 20.3 Å². The van der Waals surface area contributed by atoms with Gasteiger partial charge in [-0.25, -0.2) is 9.59 Å². The van der Waals surface area contributed by atoms with E-state index in [2.05, 4.69) is 16.0 Å². The number of nitrogens with one attached hydrogen (secondary N) is 3. The Morgan fingerprint density at radius 3 is 2.00 bits per heavy atom. The molecule has 1 aromatic rings. The number of ether oxygens (including phenoxy) is 3. The second-order valence-corrected chi connectivity index (χ2v) is 11.6. The first-order valence-corrected chi connectivity index (χ1v) is 15.0. The van der Waals surface area contributed by atoms with Crippen LogP contribution in [0.1, 0.15) is 70.7 Å². The van der Waals surface area contributed by atoms with Gasteiger partial charge < -0.3 is 30.2 Å². The number of methoxy groups -OCH3 is 2. The molecule has 0 unspecified atom stereocenters. The number of thioether (sulfide) groups is 1. The van der Waals surface area contributed by atoms with Crippen LogP contribution in [0.5, 0.6) is 5.75 Å². The molecular weight excluding hydrogens is 550 g/mol. The van der Waals surface area contributed by atoms with Crippen molar-refractivity contribution in [2.75, 3.05) is 26.2 Å². The lowest BCUT2D eigenvalue weighted by molar-refractivity contribution is -0.147. The maximum Gasteiger partial charge on any atom is 0.408 e. The van der Waals surface area contributed by atoms with Gasteiger partial charge in [-0.15, -0.1) is 0 Å². The first-order chi connectivity index (χ1) is 19.3. The summed E-state index contributed by atoms with van der Waals surface area (Å²) in [7, 11) is 2.75. The molecule has 0 bridgehead atoms. The summed E-state index contributed by atoms with van der Waals surface area (Å²) in [6.45, 7) is 8.79. The highest BCUT2D eigenvalue weighted by atomic mass is 32.2. The van der Waals surface area contributed by atoms with Crippen LogP contribution in [0.15, 0.2) is 24.3 Å². The van der Waals surface area contributed by atoms with Crippen LogP contribution in [-0.4, -0.2) is 79.6 Å². The fourth-order valence-corrected chi connectivity index (χ4v) is 4.21. The van der Waals surface area contributed by atoms with Crippen molar-refractivity contribution < 1.29 is 38.2 Å². The number of ketones is 1. The lowest BCUT2D eigenvalue weighted by Gasteiger charge is -2.27. The summed E-state index contributed by atoms with van der Waals surface area (Å²) in [4.78, 5) is 64.5. The largest absolute Gasteiger partial charge is 0.497 e. The average molecular weight is 596 g/mol. The number of alkyl carbamates (subject to hydrolysis) is 1. The Morgan fingerprint density at radius 2 is 1.49 bits per heavy atom. The van der Waals surface area contributed by atoms with E-state index in [9.17, 15) is 24.0 Å². The van der Waals surface area contributed by atoms with Crippen molar-refractivity contribution in [1.29, 1.82) is 0 Å². The van der Waals surface area contributed by atoms with E-state index < -0.39 is 47.6 Å². The zero-order valence-corrected chi connectivity index (χ0v) is 26.1. The molecule has 4 atom stereocenters. The number of rotatable bonds is 16. The van der Waals surface area contributed by atoms with Gasteiger partial charge in [0.15, 0.2) is 5.78 Å². The van der Waals surface area contributed by atoms with Crippen molar-refractivity contribution in [2.24, 2.45) is 5.92 Å². The molecule has 0 aromatic heterocycles. The second-order valence-electron chi connectivity index (χ2n) is 10.6. The maximum atomic E-state index is 13.4. The summed E-state index contributed by atoms with van der Waals surface area (Å²) in [5.74, 6) is -1.20. The smallest absolute Gasteiger partial charge is 0.408 e. The molecule has 0 aliphatic carbocycles. The molecule has 3 N–H and O–H groups in total. The molecule has 0 spiro atoms. The molecule has 0 fully saturated rings. The third kappa shape index (κ3) is 12.8. The predicted octanol–water partition coefficient (Wildman–Crippen LogP) is 3.49. The van der Waals surface area contributed by atoms with Crippen LogP contribution in [0.4, 0.5) is 4.79 Å². The molecule has 0 radical (unpaired) electrons. The van der Waals surface area contributed by atoms with Gasteiger partial charge in [-0.05, 0) is 75.8 Å². The lowest BCUT2D eigenvalue weighted by Crippen LogP contribution is -2.57. The highest BCUT2D eigenvalue weighted by molar-refractivity contribution is 7.98. The number of esters is 1. The SMILES string of the molecule is CC[C@H](C)[C@H](NC(=O)[C@H](CCC(=O)c1ccc(OC)cc1)NC(=O)[C@H](CCSC)NC(=O)OC(C)(C)C)C(=O)OC. The monoisotopic (exact) mass is 595 g/mol. The summed E-state index contributed by atoms with van der Waals surface area (Å²) in [6.07, 6.45) is 1.86. The van der Waals surface area contributed by atoms with Gasteiger partial charge in [0.2, 0.25) is 11.8 Å². The van der Waals surface area contributed by atoms with E-state index in [4.69, 9.17) is 14.2 Å². The number of amides is 3. The van der Waals surface area contributed by atoms with Crippen LogP contribution in [-0.2, 0) is 23.9 Å². The van der Waals surface area contributed by atoms with Gasteiger partial charge in [-0.2, -0.15) is 11.8 Å². The van der Waals surface area contributed by atoms with E-state index >= 15 is 0 Å². The molecule has 41 heavy (non-hydrogen) atoms. The zero-order chi connectivity index (χ0) is 31.2. The quantitative estimate of drug-likeness (QED) is 0.193. The fourth-order valence-electron chi connectivity index (χ4n) is 3.74. The third-order valence-electron chi connectivity index (χ3n) is 6.29. The molecular formula is C29H45N3O8S. The van der Waals surface area contributed by atoms with Crippen molar-refractivity contribution in [3.8, 4) is 5.75 Å². The Bertz CT molecular complexity index is 1030. The highest BCUT2D eigenvalue weighted by Gasteiger charge is 2.32. The van der Waals surface area contributed by atoms with Crippen LogP contribution in [0, 0.1) is 5.92 Å². The van der Waals surface area contributed by atoms with Gasteiger partial charge in [0, 0.05) is 12.0 Å². The number of hydrogen-bond donors (Lipinski definition) is 3. The normalized spacial score (nSPS) is 14.0. The molecule has 11 nitrogen and oxygen atoms in total. The topological polar surface area (TPSA) is 149 Å². The molecule has 0 aliphatic rings. The molecule has 0 saturated carbocycles. The standard InChI is InChI=1S/C29H45N3O8S/c1-9-18(2)24(27(36)39-7)32-26(35)21(14-15-23(33)19-10-12-20(38-6)13-11-19)30-25(34)22(16-17-41-8)31-28(37)40-29(3,4)5/h10-13,18,21-22,24H,9,14-17H2,1-8H3,(H,30,34)(H,31,37)(H,32,35)/t18-,21-,22-,24-/m0/s1. The number of benzene rings is 1. The van der Waals surface area contributed by atoms with Gasteiger partial charge in [0.1, 0.15) is 29.5 Å². The average Bonchev–Trinajstić information content (AvgIpc) is 2.93. The number of carbonyl (C=O) groups excluding carboxylic acids is 5. The van der Waals surface area contributed by atoms with Gasteiger partial charge in [0.05, 0.1) is 14.2 Å². The zero-order valence-electron chi connectivity index (χ0n) is 25.3. The van der Waals surface area contributed by atoms with E-state index in [-0.39, 0.29) is 31.0 Å². The van der Waals surface area contributed by atoms with Crippen molar-refractivity contribution in [3.63, 3.8) is 0 Å². The maximum absolute atomic E-state index is 13.4. The molecule has 1 rings (SSSR count). The first-order valence-electron chi connectivity index (χ1n) is 13.6. The van der Waals surface area contributed by atoms with Crippen LogP contribution in [0.25, 0.3) is 0 Å². The van der Waals surface area contributed by atoms with Crippen molar-refractivity contribution in [3.05, 3.63) is 29.8 Å². The summed E-state index contributed by atoms with van der Waals surface area (Å²) in [5, 5.41) is 7.95. The van der Waals surface area contributed by atoms with Gasteiger partial charge >= 0.3 is 12.1 Å². The van der Waals surface area contributed by atoms with E-state index in [1.54, 1.807) is 52.0 Å². The van der Waals surface area contributed by atoms with E-state index in [0.717, 1.165) is 0 Å². The van der Waals surface area contributed by atoms with E-state index in [1.165, 1.54) is 26.0 Å². The van der Waals surface area contributed by atoms with Crippen LogP contribution in [0.2, 0.25) is 0 Å². The van der Waals surface area contributed by atoms with Crippen LogP contribution < -0.4 is 20.7 Å². The summed E-state index contributed by atoms with van der Waals surface area (Å²) >= 11 is 1.49. The molecule has 12 heteroatoms. The minimum absolute atomic E-state index is 0.0431. The lowest BCUT2D eigenvalue weighted by atomic mass is 9.97. The number of hydrogen-bond acceptors (Lipinski definition) is 9.